The van der Waals surface area contributed by atoms with Gasteiger partial charge < -0.3 is 15.8 Å². The number of nitrogens with zero attached hydrogens (tertiary/aromatic N) is 3. The number of rotatable bonds is 6. The summed E-state index contributed by atoms with van der Waals surface area (Å²) in [4.78, 5) is 4.08. The summed E-state index contributed by atoms with van der Waals surface area (Å²) in [5, 5.41) is 7.17. The topological polar surface area (TPSA) is 77.5 Å². The van der Waals surface area contributed by atoms with Crippen molar-refractivity contribution in [3.8, 4) is 0 Å². The quantitative estimate of drug-likeness (QED) is 0.397. The van der Waals surface area contributed by atoms with Gasteiger partial charge in [-0.2, -0.15) is 5.10 Å². The van der Waals surface area contributed by atoms with Crippen molar-refractivity contribution in [2.45, 2.75) is 13.5 Å². The molecular formula is C10H19N5O. The van der Waals surface area contributed by atoms with Crippen molar-refractivity contribution >= 4 is 5.96 Å². The first-order valence-electron chi connectivity index (χ1n) is 5.24. The van der Waals surface area contributed by atoms with Gasteiger partial charge in [0.25, 0.3) is 0 Å². The zero-order valence-corrected chi connectivity index (χ0v) is 9.81. The average molecular weight is 225 g/mol. The monoisotopic (exact) mass is 225 g/mol. The van der Waals surface area contributed by atoms with Gasteiger partial charge in [-0.05, 0) is 12.5 Å². The van der Waals surface area contributed by atoms with Crippen LogP contribution in [0.1, 0.15) is 5.56 Å². The largest absolute Gasteiger partial charge is 0.383 e. The van der Waals surface area contributed by atoms with Crippen LogP contribution in [0.3, 0.4) is 0 Å². The molecule has 0 unspecified atom stereocenters. The van der Waals surface area contributed by atoms with Crippen LogP contribution >= 0.6 is 0 Å². The van der Waals surface area contributed by atoms with Crippen LogP contribution in [0.25, 0.3) is 0 Å². The molecule has 1 aromatic rings. The van der Waals surface area contributed by atoms with E-state index in [1.165, 1.54) is 0 Å². The Hall–Kier alpha value is -1.56. The SMILES string of the molecule is COCCN=C(N)NCCn1cc(C)cn1. The molecule has 1 rings (SSSR count). The Balaban J connectivity index is 2.17. The predicted octanol–water partition coefficient (Wildman–Crippen LogP) is -0.258. The van der Waals surface area contributed by atoms with Gasteiger partial charge in [0.1, 0.15) is 0 Å². The van der Waals surface area contributed by atoms with Gasteiger partial charge >= 0.3 is 0 Å². The number of nitrogens with two attached hydrogens (primary N) is 1. The van der Waals surface area contributed by atoms with Crippen molar-refractivity contribution < 1.29 is 4.74 Å². The fourth-order valence-electron chi connectivity index (χ4n) is 1.20. The third-order valence-electron chi connectivity index (χ3n) is 1.99. The van der Waals surface area contributed by atoms with Crippen LogP contribution in [0.15, 0.2) is 17.4 Å². The summed E-state index contributed by atoms with van der Waals surface area (Å²) in [6.07, 6.45) is 3.82. The molecule has 0 aliphatic carbocycles. The normalized spacial score (nSPS) is 11.8. The predicted molar refractivity (Wildman–Crippen MR) is 63.3 cm³/mol. The maximum Gasteiger partial charge on any atom is 0.188 e. The van der Waals surface area contributed by atoms with E-state index in [0.717, 1.165) is 12.1 Å². The summed E-state index contributed by atoms with van der Waals surface area (Å²) >= 11 is 0. The molecule has 90 valence electrons. The van der Waals surface area contributed by atoms with Gasteiger partial charge in [-0.15, -0.1) is 0 Å². The summed E-state index contributed by atoms with van der Waals surface area (Å²) in [6, 6.07) is 0. The molecule has 0 saturated heterocycles. The van der Waals surface area contributed by atoms with Gasteiger partial charge in [0.15, 0.2) is 5.96 Å². The van der Waals surface area contributed by atoms with Crippen molar-refractivity contribution in [1.82, 2.24) is 15.1 Å². The molecule has 0 radical (unpaired) electrons. The smallest absolute Gasteiger partial charge is 0.188 e. The molecule has 0 aliphatic heterocycles. The molecule has 0 aliphatic rings. The summed E-state index contributed by atoms with van der Waals surface area (Å²) < 4.78 is 6.73. The highest BCUT2D eigenvalue weighted by atomic mass is 16.5. The van der Waals surface area contributed by atoms with E-state index in [1.54, 1.807) is 7.11 Å². The Labute approximate surface area is 95.5 Å². The molecule has 0 bridgehead atoms. The van der Waals surface area contributed by atoms with E-state index in [4.69, 9.17) is 10.5 Å². The number of guanidine groups is 1. The average Bonchev–Trinajstić information content (AvgIpc) is 2.65. The minimum atomic E-state index is 0.445. The highest BCUT2D eigenvalue weighted by Crippen LogP contribution is 1.92. The first kappa shape index (κ1) is 12.5. The van der Waals surface area contributed by atoms with Gasteiger partial charge in [0, 0.05) is 19.9 Å². The number of methoxy groups -OCH3 is 1. The van der Waals surface area contributed by atoms with Crippen LogP contribution in [0.4, 0.5) is 0 Å². The first-order valence-corrected chi connectivity index (χ1v) is 5.24. The Morgan fingerprint density at radius 1 is 1.69 bits per heavy atom. The second kappa shape index (κ2) is 6.84. The second-order valence-electron chi connectivity index (χ2n) is 3.47. The van der Waals surface area contributed by atoms with E-state index in [-0.39, 0.29) is 0 Å². The van der Waals surface area contributed by atoms with Crippen molar-refractivity contribution in [3.63, 3.8) is 0 Å². The third kappa shape index (κ3) is 4.79. The van der Waals surface area contributed by atoms with Gasteiger partial charge in [0.05, 0.1) is 25.9 Å². The Morgan fingerprint density at radius 2 is 2.50 bits per heavy atom. The first-order chi connectivity index (χ1) is 7.72. The van der Waals surface area contributed by atoms with Crippen LogP contribution in [0.5, 0.6) is 0 Å². The van der Waals surface area contributed by atoms with Gasteiger partial charge in [-0.1, -0.05) is 0 Å². The second-order valence-corrected chi connectivity index (χ2v) is 3.47. The van der Waals surface area contributed by atoms with Crippen LogP contribution in [0.2, 0.25) is 0 Å². The van der Waals surface area contributed by atoms with E-state index >= 15 is 0 Å². The van der Waals surface area contributed by atoms with E-state index in [1.807, 2.05) is 24.0 Å². The fourth-order valence-corrected chi connectivity index (χ4v) is 1.20. The van der Waals surface area contributed by atoms with Gasteiger partial charge in [-0.25, -0.2) is 0 Å². The summed E-state index contributed by atoms with van der Waals surface area (Å²) in [7, 11) is 1.64. The molecule has 0 saturated carbocycles. The van der Waals surface area contributed by atoms with Crippen molar-refractivity contribution in [2.24, 2.45) is 10.7 Å². The number of hydrogen-bond donors (Lipinski definition) is 2. The highest BCUT2D eigenvalue weighted by Gasteiger charge is 1.94. The molecule has 0 atom stereocenters. The number of aliphatic imine (C=N–C) groups is 1. The van der Waals surface area contributed by atoms with Crippen molar-refractivity contribution in [2.75, 3.05) is 26.8 Å². The lowest BCUT2D eigenvalue weighted by molar-refractivity contribution is 0.208. The van der Waals surface area contributed by atoms with Crippen LogP contribution in [-0.4, -0.2) is 42.5 Å². The summed E-state index contributed by atoms with van der Waals surface area (Å²) in [5.74, 6) is 0.445. The Morgan fingerprint density at radius 3 is 3.12 bits per heavy atom. The maximum absolute atomic E-state index is 5.64. The van der Waals surface area contributed by atoms with E-state index in [2.05, 4.69) is 15.4 Å². The molecule has 6 nitrogen and oxygen atoms in total. The van der Waals surface area contributed by atoms with Crippen molar-refractivity contribution in [3.05, 3.63) is 18.0 Å². The number of nitrogens with one attached hydrogen (secondary N) is 1. The molecule has 0 aromatic carbocycles. The van der Waals surface area contributed by atoms with Crippen LogP contribution in [-0.2, 0) is 11.3 Å². The molecule has 16 heavy (non-hydrogen) atoms. The molecular weight excluding hydrogens is 206 g/mol. The van der Waals surface area contributed by atoms with E-state index < -0.39 is 0 Å². The molecule has 0 amide bonds. The zero-order valence-electron chi connectivity index (χ0n) is 9.81. The number of ether oxygens (including phenoxy) is 1. The van der Waals surface area contributed by atoms with Gasteiger partial charge in [-0.3, -0.25) is 9.67 Å². The lowest BCUT2D eigenvalue weighted by Gasteiger charge is -2.05. The van der Waals surface area contributed by atoms with Crippen LogP contribution in [0, 0.1) is 6.92 Å². The van der Waals surface area contributed by atoms with Crippen molar-refractivity contribution in [1.29, 1.82) is 0 Å². The molecule has 0 fully saturated rings. The molecule has 6 heteroatoms. The number of aryl methyl sites for hydroxylation is 1. The minimum Gasteiger partial charge on any atom is -0.383 e. The highest BCUT2D eigenvalue weighted by molar-refractivity contribution is 5.77. The Kier molecular flexibility index (Phi) is 5.35. The molecule has 1 heterocycles. The standard InChI is InChI=1S/C10H19N5O/c1-9-7-14-15(8-9)5-3-12-10(11)13-4-6-16-2/h7-8H,3-6H2,1-2H3,(H3,11,12,13). The zero-order chi connectivity index (χ0) is 11.8. The number of aromatic nitrogens is 2. The molecule has 0 spiro atoms. The lowest BCUT2D eigenvalue weighted by atomic mass is 10.4. The van der Waals surface area contributed by atoms with E-state index in [0.29, 0.717) is 25.7 Å². The fraction of sp³-hybridized carbons (Fsp3) is 0.600. The molecule has 1 aromatic heterocycles. The lowest BCUT2D eigenvalue weighted by Crippen LogP contribution is -2.34. The minimum absolute atomic E-state index is 0.445. The third-order valence-corrected chi connectivity index (χ3v) is 1.99. The summed E-state index contributed by atoms with van der Waals surface area (Å²) in [5.41, 5.74) is 6.79. The molecule has 3 N–H and O–H groups in total. The maximum atomic E-state index is 5.64. The van der Waals surface area contributed by atoms with E-state index in [9.17, 15) is 0 Å². The number of hydrogen-bond acceptors (Lipinski definition) is 3. The Bertz CT molecular complexity index is 334. The summed E-state index contributed by atoms with van der Waals surface area (Å²) in [6.45, 7) is 4.66. The van der Waals surface area contributed by atoms with Crippen LogP contribution < -0.4 is 11.1 Å². The van der Waals surface area contributed by atoms with Gasteiger partial charge in [0.2, 0.25) is 0 Å².